The number of esters is 1. The number of phenolic OH excluding ortho intramolecular Hbond substituents is 1. The van der Waals surface area contributed by atoms with Crippen molar-refractivity contribution in [2.45, 2.75) is 31.8 Å². The fourth-order valence-corrected chi connectivity index (χ4v) is 2.98. The summed E-state index contributed by atoms with van der Waals surface area (Å²) in [4.78, 5) is 24.2. The van der Waals surface area contributed by atoms with Crippen molar-refractivity contribution in [3.05, 3.63) is 35.0 Å². The van der Waals surface area contributed by atoms with Crippen LogP contribution in [0.1, 0.15) is 31.7 Å². The second-order valence-corrected chi connectivity index (χ2v) is 5.92. The van der Waals surface area contributed by atoms with E-state index in [1.54, 1.807) is 26.0 Å². The highest BCUT2D eigenvalue weighted by atomic mass is 16.6. The number of cyclic esters (lactones) is 1. The number of hydrogen-bond acceptors (Lipinski definition) is 5. The molecule has 2 aliphatic rings. The summed E-state index contributed by atoms with van der Waals surface area (Å²) >= 11 is 0. The van der Waals surface area contributed by atoms with E-state index in [0.717, 1.165) is 0 Å². The molecular weight excluding hydrogens is 286 g/mol. The number of aromatic hydroxyl groups is 1. The van der Waals surface area contributed by atoms with Crippen molar-refractivity contribution in [1.82, 2.24) is 5.32 Å². The van der Waals surface area contributed by atoms with Gasteiger partial charge in [0, 0.05) is 12.3 Å². The van der Waals surface area contributed by atoms with Crippen LogP contribution in [0.15, 0.2) is 29.5 Å². The molecule has 1 atom stereocenters. The summed E-state index contributed by atoms with van der Waals surface area (Å²) in [7, 11) is 1.46. The lowest BCUT2D eigenvalue weighted by molar-refractivity contribution is -0.144. The minimum atomic E-state index is -0.852. The number of rotatable bonds is 2. The van der Waals surface area contributed by atoms with Crippen LogP contribution in [-0.2, 0) is 14.3 Å². The van der Waals surface area contributed by atoms with Crippen molar-refractivity contribution < 1.29 is 24.2 Å². The quantitative estimate of drug-likeness (QED) is 0.811. The Morgan fingerprint density at radius 3 is 2.73 bits per heavy atom. The third-order valence-corrected chi connectivity index (χ3v) is 4.05. The van der Waals surface area contributed by atoms with Gasteiger partial charge in [-0.25, -0.2) is 4.79 Å². The lowest BCUT2D eigenvalue weighted by Gasteiger charge is -2.27. The zero-order chi connectivity index (χ0) is 16.1. The molecule has 6 heteroatoms. The number of carbonyl (C=O) groups excluding carboxylic acids is 2. The van der Waals surface area contributed by atoms with Crippen molar-refractivity contribution >= 4 is 11.9 Å². The number of phenols is 1. The lowest BCUT2D eigenvalue weighted by Crippen LogP contribution is -2.38. The zero-order valence-electron chi connectivity index (χ0n) is 12.6. The van der Waals surface area contributed by atoms with Crippen molar-refractivity contribution in [3.8, 4) is 11.5 Å². The van der Waals surface area contributed by atoms with Gasteiger partial charge in [0.2, 0.25) is 5.91 Å². The standard InChI is InChI=1S/C16H17NO5/c1-16(2)14-13(15(20)22-16)9(7-12(19)17-14)8-4-5-11(21-3)10(18)6-8/h4-6,9,18H,7H2,1-3H3,(H,17,19)/t9-/m0/s1. The molecule has 1 aromatic rings. The van der Waals surface area contributed by atoms with Crippen LogP contribution >= 0.6 is 0 Å². The summed E-state index contributed by atoms with van der Waals surface area (Å²) in [5, 5.41) is 12.7. The minimum Gasteiger partial charge on any atom is -0.504 e. The molecule has 3 rings (SSSR count). The second-order valence-electron chi connectivity index (χ2n) is 5.92. The predicted molar refractivity (Wildman–Crippen MR) is 77.4 cm³/mol. The molecule has 22 heavy (non-hydrogen) atoms. The number of carbonyl (C=O) groups is 2. The highest BCUT2D eigenvalue weighted by Crippen LogP contribution is 2.43. The molecule has 0 saturated carbocycles. The van der Waals surface area contributed by atoms with Crippen molar-refractivity contribution in [3.63, 3.8) is 0 Å². The highest BCUT2D eigenvalue weighted by molar-refractivity contribution is 5.99. The normalized spacial score (nSPS) is 23.0. The Bertz CT molecular complexity index is 704. The Morgan fingerprint density at radius 1 is 1.36 bits per heavy atom. The van der Waals surface area contributed by atoms with Gasteiger partial charge in [0.15, 0.2) is 11.5 Å². The summed E-state index contributed by atoms with van der Waals surface area (Å²) in [5.74, 6) is -0.730. The maximum atomic E-state index is 12.2. The molecule has 0 unspecified atom stereocenters. The molecule has 0 bridgehead atoms. The number of amides is 1. The van der Waals surface area contributed by atoms with Gasteiger partial charge in [-0.15, -0.1) is 0 Å². The van der Waals surface area contributed by atoms with Crippen LogP contribution in [0, 0.1) is 0 Å². The van der Waals surface area contributed by atoms with Gasteiger partial charge in [-0.2, -0.15) is 0 Å². The predicted octanol–water partition coefficient (Wildman–Crippen LogP) is 1.59. The molecular formula is C16H17NO5. The van der Waals surface area contributed by atoms with E-state index in [-0.39, 0.29) is 18.1 Å². The van der Waals surface area contributed by atoms with E-state index in [1.165, 1.54) is 13.2 Å². The fourth-order valence-electron chi connectivity index (χ4n) is 2.98. The van der Waals surface area contributed by atoms with Crippen LogP contribution in [0.5, 0.6) is 11.5 Å². The van der Waals surface area contributed by atoms with Gasteiger partial charge in [0.25, 0.3) is 0 Å². The van der Waals surface area contributed by atoms with Crippen LogP contribution in [0.2, 0.25) is 0 Å². The highest BCUT2D eigenvalue weighted by Gasteiger charge is 2.47. The second kappa shape index (κ2) is 4.76. The van der Waals surface area contributed by atoms with Crippen LogP contribution in [0.4, 0.5) is 0 Å². The smallest absolute Gasteiger partial charge is 0.337 e. The Kier molecular flexibility index (Phi) is 3.12. The molecule has 0 aromatic heterocycles. The number of benzene rings is 1. The molecule has 0 radical (unpaired) electrons. The topological polar surface area (TPSA) is 84.9 Å². The van der Waals surface area contributed by atoms with Crippen LogP contribution in [0.3, 0.4) is 0 Å². The Balaban J connectivity index is 2.10. The van der Waals surface area contributed by atoms with Gasteiger partial charge < -0.3 is 19.9 Å². The van der Waals surface area contributed by atoms with Crippen molar-refractivity contribution in [2.75, 3.05) is 7.11 Å². The van der Waals surface area contributed by atoms with E-state index >= 15 is 0 Å². The van der Waals surface area contributed by atoms with Gasteiger partial charge in [0.1, 0.15) is 5.60 Å². The Morgan fingerprint density at radius 2 is 2.09 bits per heavy atom. The number of ether oxygens (including phenoxy) is 2. The largest absolute Gasteiger partial charge is 0.504 e. The van der Waals surface area contributed by atoms with Gasteiger partial charge >= 0.3 is 5.97 Å². The molecule has 2 aliphatic heterocycles. The first-order valence-corrected chi connectivity index (χ1v) is 6.98. The maximum Gasteiger partial charge on any atom is 0.337 e. The van der Waals surface area contributed by atoms with Gasteiger partial charge in [-0.3, -0.25) is 4.79 Å². The SMILES string of the molecule is COc1ccc([C@@H]2CC(=O)NC3=C2C(=O)OC3(C)C)cc1O. The zero-order valence-corrected chi connectivity index (χ0v) is 12.6. The molecule has 0 spiro atoms. The van der Waals surface area contributed by atoms with Crippen molar-refractivity contribution in [1.29, 1.82) is 0 Å². The van der Waals surface area contributed by atoms with E-state index in [2.05, 4.69) is 5.32 Å². The van der Waals surface area contributed by atoms with E-state index < -0.39 is 17.5 Å². The first-order valence-electron chi connectivity index (χ1n) is 6.98. The summed E-state index contributed by atoms with van der Waals surface area (Å²) in [6.45, 7) is 3.47. The number of hydrogen-bond donors (Lipinski definition) is 2. The van der Waals surface area contributed by atoms with E-state index in [0.29, 0.717) is 22.6 Å². The molecule has 0 fully saturated rings. The van der Waals surface area contributed by atoms with Crippen LogP contribution in [0.25, 0.3) is 0 Å². The summed E-state index contributed by atoms with van der Waals surface area (Å²) in [5.41, 5.74) is 0.786. The van der Waals surface area contributed by atoms with Crippen molar-refractivity contribution in [2.24, 2.45) is 0 Å². The molecule has 0 saturated heterocycles. The third kappa shape index (κ3) is 2.11. The Hall–Kier alpha value is -2.50. The summed E-state index contributed by atoms with van der Waals surface area (Å²) < 4.78 is 10.4. The summed E-state index contributed by atoms with van der Waals surface area (Å²) in [6, 6.07) is 4.87. The molecule has 1 aromatic carbocycles. The van der Waals surface area contributed by atoms with E-state index in [9.17, 15) is 14.7 Å². The molecule has 2 N–H and O–H groups in total. The number of methoxy groups -OCH3 is 1. The van der Waals surface area contributed by atoms with Gasteiger partial charge in [0.05, 0.1) is 18.4 Å². The van der Waals surface area contributed by atoms with Gasteiger partial charge in [-0.05, 0) is 31.5 Å². The van der Waals surface area contributed by atoms with Gasteiger partial charge in [-0.1, -0.05) is 6.07 Å². The minimum absolute atomic E-state index is 0.0289. The average Bonchev–Trinajstić information content (AvgIpc) is 2.67. The number of nitrogens with one attached hydrogen (secondary N) is 1. The maximum absolute atomic E-state index is 12.2. The molecule has 0 aliphatic carbocycles. The van der Waals surface area contributed by atoms with E-state index in [1.807, 2.05) is 0 Å². The molecule has 1 amide bonds. The average molecular weight is 303 g/mol. The van der Waals surface area contributed by atoms with Crippen LogP contribution < -0.4 is 10.1 Å². The molecule has 2 heterocycles. The van der Waals surface area contributed by atoms with Crippen LogP contribution in [-0.4, -0.2) is 29.7 Å². The fraction of sp³-hybridized carbons (Fsp3) is 0.375. The first kappa shape index (κ1) is 14.4. The lowest BCUT2D eigenvalue weighted by atomic mass is 9.83. The molecule has 116 valence electrons. The Labute approximate surface area is 127 Å². The molecule has 6 nitrogen and oxygen atoms in total. The first-order chi connectivity index (χ1) is 10.3. The monoisotopic (exact) mass is 303 g/mol. The summed E-state index contributed by atoms with van der Waals surface area (Å²) in [6.07, 6.45) is 0.135. The third-order valence-electron chi connectivity index (χ3n) is 4.05. The van der Waals surface area contributed by atoms with E-state index in [4.69, 9.17) is 9.47 Å².